The first-order valence-corrected chi connectivity index (χ1v) is 6.39. The molecule has 0 aromatic heterocycles. The van der Waals surface area contributed by atoms with Crippen LogP contribution in [0.3, 0.4) is 0 Å². The van der Waals surface area contributed by atoms with Crippen LogP contribution in [0.2, 0.25) is 0 Å². The van der Waals surface area contributed by atoms with Crippen molar-refractivity contribution in [1.82, 2.24) is 5.32 Å². The summed E-state index contributed by atoms with van der Waals surface area (Å²) in [4.78, 5) is 0. The summed E-state index contributed by atoms with van der Waals surface area (Å²) in [6.07, 6.45) is 5.28. The Kier molecular flexibility index (Phi) is 4.03. The van der Waals surface area contributed by atoms with Gasteiger partial charge in [-0.25, -0.2) is 0 Å². The topological polar surface area (TPSA) is 30.5 Å². The summed E-state index contributed by atoms with van der Waals surface area (Å²) in [7, 11) is 0. The molecule has 0 spiro atoms. The molecule has 3 nitrogen and oxygen atoms in total. The summed E-state index contributed by atoms with van der Waals surface area (Å²) >= 11 is 0. The molecule has 1 aliphatic heterocycles. The van der Waals surface area contributed by atoms with Crippen LogP contribution in [0.15, 0.2) is 18.2 Å². The number of nitrogens with one attached hydrogen (secondary N) is 1. The van der Waals surface area contributed by atoms with Crippen LogP contribution in [0.4, 0.5) is 0 Å². The van der Waals surface area contributed by atoms with E-state index in [0.717, 1.165) is 18.0 Å². The van der Waals surface area contributed by atoms with Crippen molar-refractivity contribution in [3.05, 3.63) is 23.8 Å². The van der Waals surface area contributed by atoms with Gasteiger partial charge in [0.2, 0.25) is 6.79 Å². The molecule has 18 heavy (non-hydrogen) atoms. The molecule has 1 aromatic carbocycles. The van der Waals surface area contributed by atoms with E-state index in [1.165, 1.54) is 31.2 Å². The van der Waals surface area contributed by atoms with Gasteiger partial charge in [-0.05, 0) is 37.5 Å². The molecule has 100 valence electrons. The number of benzene rings is 1. The second-order valence-electron chi connectivity index (χ2n) is 5.31. The Morgan fingerprint density at radius 2 is 1.89 bits per heavy atom. The van der Waals surface area contributed by atoms with Crippen LogP contribution in [0.25, 0.3) is 0 Å². The molecule has 1 aliphatic carbocycles. The normalized spacial score (nSPS) is 19.6. The Bertz CT molecular complexity index is 416. The van der Waals surface area contributed by atoms with Gasteiger partial charge in [0.15, 0.2) is 11.5 Å². The number of fused-ring (bicyclic) bond motifs is 1. The zero-order valence-electron chi connectivity index (χ0n) is 10.7. The van der Waals surface area contributed by atoms with E-state index in [1.807, 2.05) is 6.07 Å². The van der Waals surface area contributed by atoms with E-state index in [9.17, 15) is 0 Å². The molecule has 0 bridgehead atoms. The minimum absolute atomic E-state index is 0. The van der Waals surface area contributed by atoms with E-state index in [4.69, 9.17) is 9.47 Å². The Morgan fingerprint density at radius 1 is 1.17 bits per heavy atom. The number of hydrogen-bond donors (Lipinski definition) is 1. The molecule has 0 atom stereocenters. The fourth-order valence-electron chi connectivity index (χ4n) is 2.70. The summed E-state index contributed by atoms with van der Waals surface area (Å²) in [5, 5.41) is 3.67. The highest BCUT2D eigenvalue weighted by Gasteiger charge is 2.27. The first kappa shape index (κ1) is 13.5. The molecule has 4 heteroatoms. The van der Waals surface area contributed by atoms with E-state index in [2.05, 4.69) is 24.4 Å². The number of hydrogen-bond acceptors (Lipinski definition) is 3. The van der Waals surface area contributed by atoms with Crippen molar-refractivity contribution in [2.75, 3.05) is 6.79 Å². The highest BCUT2D eigenvalue weighted by molar-refractivity contribution is 5.85. The number of halogens is 1. The summed E-state index contributed by atoms with van der Waals surface area (Å²) in [5.74, 6) is 1.74. The lowest BCUT2D eigenvalue weighted by Crippen LogP contribution is -2.38. The number of ether oxygens (including phenoxy) is 2. The lowest BCUT2D eigenvalue weighted by atomic mass is 10.0. The van der Waals surface area contributed by atoms with Crippen molar-refractivity contribution in [3.63, 3.8) is 0 Å². The van der Waals surface area contributed by atoms with Gasteiger partial charge in [0.1, 0.15) is 0 Å². The minimum Gasteiger partial charge on any atom is -0.454 e. The average molecular weight is 270 g/mol. The highest BCUT2D eigenvalue weighted by Crippen LogP contribution is 2.33. The molecule has 1 fully saturated rings. The SMILES string of the molecule is CC1(NCc2ccc3c(c2)OCO3)CCCC1.Cl. The van der Waals surface area contributed by atoms with Gasteiger partial charge in [-0.2, -0.15) is 0 Å². The van der Waals surface area contributed by atoms with Crippen molar-refractivity contribution in [2.45, 2.75) is 44.7 Å². The molecule has 1 N–H and O–H groups in total. The molecule has 0 unspecified atom stereocenters. The molecule has 1 heterocycles. The van der Waals surface area contributed by atoms with Gasteiger partial charge in [0, 0.05) is 12.1 Å². The van der Waals surface area contributed by atoms with Crippen LogP contribution >= 0.6 is 12.4 Å². The Morgan fingerprint density at radius 3 is 2.67 bits per heavy atom. The fraction of sp³-hybridized carbons (Fsp3) is 0.571. The first-order chi connectivity index (χ1) is 8.25. The largest absolute Gasteiger partial charge is 0.454 e. The monoisotopic (exact) mass is 269 g/mol. The third-order valence-electron chi connectivity index (χ3n) is 3.86. The van der Waals surface area contributed by atoms with Crippen LogP contribution in [-0.4, -0.2) is 12.3 Å². The summed E-state index contributed by atoms with van der Waals surface area (Å²) < 4.78 is 10.7. The average Bonchev–Trinajstić information content (AvgIpc) is 2.95. The molecule has 3 rings (SSSR count). The fourth-order valence-corrected chi connectivity index (χ4v) is 2.70. The van der Waals surface area contributed by atoms with Gasteiger partial charge >= 0.3 is 0 Å². The van der Waals surface area contributed by atoms with E-state index in [1.54, 1.807) is 0 Å². The van der Waals surface area contributed by atoms with Gasteiger partial charge in [-0.15, -0.1) is 12.4 Å². The van der Waals surface area contributed by atoms with Crippen molar-refractivity contribution in [2.24, 2.45) is 0 Å². The molecular formula is C14H20ClNO2. The van der Waals surface area contributed by atoms with Gasteiger partial charge < -0.3 is 14.8 Å². The molecular weight excluding hydrogens is 250 g/mol. The van der Waals surface area contributed by atoms with Crippen molar-refractivity contribution in [1.29, 1.82) is 0 Å². The molecule has 0 radical (unpaired) electrons. The smallest absolute Gasteiger partial charge is 0.231 e. The van der Waals surface area contributed by atoms with E-state index in [-0.39, 0.29) is 12.4 Å². The van der Waals surface area contributed by atoms with E-state index < -0.39 is 0 Å². The second kappa shape index (κ2) is 5.37. The van der Waals surface area contributed by atoms with Crippen LogP contribution in [0, 0.1) is 0 Å². The highest BCUT2D eigenvalue weighted by atomic mass is 35.5. The molecule has 1 aromatic rings. The second-order valence-corrected chi connectivity index (χ2v) is 5.31. The predicted molar refractivity (Wildman–Crippen MR) is 73.5 cm³/mol. The lowest BCUT2D eigenvalue weighted by molar-refractivity contribution is 0.174. The van der Waals surface area contributed by atoms with Gasteiger partial charge in [-0.3, -0.25) is 0 Å². The number of rotatable bonds is 3. The first-order valence-electron chi connectivity index (χ1n) is 6.39. The van der Waals surface area contributed by atoms with Gasteiger partial charge in [-0.1, -0.05) is 18.9 Å². The Labute approximate surface area is 114 Å². The zero-order valence-corrected chi connectivity index (χ0v) is 11.5. The Balaban J connectivity index is 0.00000120. The third-order valence-corrected chi connectivity index (χ3v) is 3.86. The Hall–Kier alpha value is -0.930. The zero-order chi connectivity index (χ0) is 11.7. The molecule has 1 saturated carbocycles. The molecule has 0 amide bonds. The lowest BCUT2D eigenvalue weighted by Gasteiger charge is -2.25. The standard InChI is InChI=1S/C14H19NO2.ClH/c1-14(6-2-3-7-14)15-9-11-4-5-12-13(8-11)17-10-16-12;/h4-5,8,15H,2-3,6-7,9-10H2,1H3;1H. The van der Waals surface area contributed by atoms with Crippen molar-refractivity contribution >= 4 is 12.4 Å². The third kappa shape index (κ3) is 2.73. The van der Waals surface area contributed by atoms with E-state index >= 15 is 0 Å². The minimum atomic E-state index is 0. The van der Waals surface area contributed by atoms with Crippen molar-refractivity contribution in [3.8, 4) is 11.5 Å². The summed E-state index contributed by atoms with van der Waals surface area (Å²) in [5.41, 5.74) is 1.60. The van der Waals surface area contributed by atoms with Crippen molar-refractivity contribution < 1.29 is 9.47 Å². The molecule has 2 aliphatic rings. The van der Waals surface area contributed by atoms with Crippen LogP contribution in [0.5, 0.6) is 11.5 Å². The quantitative estimate of drug-likeness (QED) is 0.914. The molecule has 0 saturated heterocycles. The maximum atomic E-state index is 5.39. The van der Waals surface area contributed by atoms with Crippen LogP contribution < -0.4 is 14.8 Å². The summed E-state index contributed by atoms with van der Waals surface area (Å²) in [6, 6.07) is 6.18. The van der Waals surface area contributed by atoms with Gasteiger partial charge in [0.25, 0.3) is 0 Å². The predicted octanol–water partition coefficient (Wildman–Crippen LogP) is 3.26. The van der Waals surface area contributed by atoms with Gasteiger partial charge in [0.05, 0.1) is 0 Å². The van der Waals surface area contributed by atoms with E-state index in [0.29, 0.717) is 12.3 Å². The maximum absolute atomic E-state index is 5.39. The van der Waals surface area contributed by atoms with Crippen LogP contribution in [0.1, 0.15) is 38.2 Å². The van der Waals surface area contributed by atoms with Crippen LogP contribution in [-0.2, 0) is 6.54 Å². The summed E-state index contributed by atoms with van der Waals surface area (Å²) in [6.45, 7) is 3.59. The maximum Gasteiger partial charge on any atom is 0.231 e.